The monoisotopic (exact) mass is 246 g/mol. The van der Waals surface area contributed by atoms with E-state index in [-0.39, 0.29) is 0 Å². The van der Waals surface area contributed by atoms with Gasteiger partial charge in [-0.1, -0.05) is 18.2 Å². The van der Waals surface area contributed by atoms with Crippen molar-refractivity contribution in [2.75, 3.05) is 0 Å². The zero-order chi connectivity index (χ0) is 9.54. The van der Waals surface area contributed by atoms with Crippen molar-refractivity contribution in [1.29, 1.82) is 0 Å². The normalized spacial score (nSPS) is 11.2. The molecule has 0 saturated heterocycles. The average molecular weight is 247 g/mol. The second-order valence-corrected chi connectivity index (χ2v) is 4.04. The maximum Gasteiger partial charge on any atom is 0.108 e. The molecule has 2 heterocycles. The van der Waals surface area contributed by atoms with Crippen LogP contribution in [0.3, 0.4) is 0 Å². The molecule has 2 nitrogen and oxygen atoms in total. The third-order valence-electron chi connectivity index (χ3n) is 2.36. The van der Waals surface area contributed by atoms with E-state index in [9.17, 15) is 0 Å². The maximum atomic E-state index is 4.23. The smallest absolute Gasteiger partial charge is 0.108 e. The molecule has 3 aromatic rings. The van der Waals surface area contributed by atoms with E-state index in [1.165, 1.54) is 10.8 Å². The number of aromatic nitrogens is 2. The number of hydrogen-bond acceptors (Lipinski definition) is 1. The van der Waals surface area contributed by atoms with E-state index >= 15 is 0 Å². The summed E-state index contributed by atoms with van der Waals surface area (Å²) in [7, 11) is 0. The van der Waals surface area contributed by atoms with E-state index in [1.54, 1.807) is 0 Å². The quantitative estimate of drug-likeness (QED) is 0.605. The first-order valence-corrected chi connectivity index (χ1v) is 5.16. The Balaban J connectivity index is 2.57. The first-order valence-electron chi connectivity index (χ1n) is 4.36. The second-order valence-electron chi connectivity index (χ2n) is 3.22. The number of benzene rings is 1. The Kier molecular flexibility index (Phi) is 1.61. The zero-order valence-corrected chi connectivity index (χ0v) is 8.88. The Morgan fingerprint density at radius 3 is 2.86 bits per heavy atom. The van der Waals surface area contributed by atoms with Crippen LogP contribution in [0.2, 0.25) is 0 Å². The lowest BCUT2D eigenvalue weighted by molar-refractivity contribution is 1.31. The largest absolute Gasteiger partial charge is 0.354 e. The fraction of sp³-hybridized carbons (Fsp3) is 0. The number of hydrogen-bond donors (Lipinski definition) is 1. The van der Waals surface area contributed by atoms with Crippen LogP contribution >= 0.6 is 15.9 Å². The van der Waals surface area contributed by atoms with Gasteiger partial charge in [0, 0.05) is 22.5 Å². The highest BCUT2D eigenvalue weighted by molar-refractivity contribution is 9.10. The molecule has 0 aliphatic carbocycles. The third-order valence-corrected chi connectivity index (χ3v) is 2.79. The lowest BCUT2D eigenvalue weighted by atomic mass is 10.2. The topological polar surface area (TPSA) is 28.7 Å². The van der Waals surface area contributed by atoms with Gasteiger partial charge in [0.05, 0.1) is 5.52 Å². The van der Waals surface area contributed by atoms with Crippen LogP contribution in [0.1, 0.15) is 0 Å². The number of halogens is 1. The predicted octanol–water partition coefficient (Wildman–Crippen LogP) is 3.48. The van der Waals surface area contributed by atoms with Crippen molar-refractivity contribution in [3.63, 3.8) is 0 Å². The molecule has 1 aromatic carbocycles. The molecule has 0 atom stereocenters. The minimum absolute atomic E-state index is 0.858. The van der Waals surface area contributed by atoms with Crippen molar-refractivity contribution >= 4 is 37.7 Å². The highest BCUT2D eigenvalue weighted by Crippen LogP contribution is 2.25. The molecule has 0 saturated carbocycles. The number of H-pyrrole nitrogens is 1. The molecule has 2 aromatic heterocycles. The van der Waals surface area contributed by atoms with Gasteiger partial charge in [-0.15, -0.1) is 0 Å². The van der Waals surface area contributed by atoms with Crippen molar-refractivity contribution in [1.82, 2.24) is 9.97 Å². The van der Waals surface area contributed by atoms with Crippen LogP contribution in [0.5, 0.6) is 0 Å². The lowest BCUT2D eigenvalue weighted by Gasteiger charge is -1.90. The molecule has 0 unspecified atom stereocenters. The van der Waals surface area contributed by atoms with Gasteiger partial charge in [-0.05, 0) is 28.1 Å². The summed E-state index contributed by atoms with van der Waals surface area (Å²) in [6.07, 6.45) is 1.89. The van der Waals surface area contributed by atoms with Crippen molar-refractivity contribution < 1.29 is 0 Å². The van der Waals surface area contributed by atoms with Crippen LogP contribution in [0.25, 0.3) is 21.8 Å². The number of nitrogens with one attached hydrogen (secondary N) is 1. The van der Waals surface area contributed by atoms with Gasteiger partial charge in [-0.25, -0.2) is 4.98 Å². The van der Waals surface area contributed by atoms with E-state index in [2.05, 4.69) is 38.0 Å². The van der Waals surface area contributed by atoms with Gasteiger partial charge in [0.1, 0.15) is 4.60 Å². The van der Waals surface area contributed by atoms with Crippen LogP contribution in [-0.4, -0.2) is 9.97 Å². The van der Waals surface area contributed by atoms with Crippen LogP contribution < -0.4 is 0 Å². The maximum absolute atomic E-state index is 4.23. The summed E-state index contributed by atoms with van der Waals surface area (Å²) in [6.45, 7) is 0. The summed E-state index contributed by atoms with van der Waals surface area (Å²) in [6, 6.07) is 10.2. The Labute approximate surface area is 89.1 Å². The van der Waals surface area contributed by atoms with Gasteiger partial charge in [-0.2, -0.15) is 0 Å². The molecule has 3 heteroatoms. The molecule has 3 rings (SSSR count). The minimum atomic E-state index is 0.858. The fourth-order valence-electron chi connectivity index (χ4n) is 1.72. The first-order chi connectivity index (χ1) is 6.84. The van der Waals surface area contributed by atoms with Gasteiger partial charge in [-0.3, -0.25) is 0 Å². The Bertz CT molecular complexity index is 613. The standard InChI is InChI=1S/C11H7BrN2/c12-11-5-10-8(6-13-11)7-3-1-2-4-9(7)14-10/h1-6,14H. The molecule has 0 aliphatic rings. The SMILES string of the molecule is Brc1cc2[nH]c3ccccc3c2cn1. The molecule has 68 valence electrons. The predicted molar refractivity (Wildman–Crippen MR) is 61.3 cm³/mol. The van der Waals surface area contributed by atoms with Crippen LogP contribution in [0.15, 0.2) is 41.1 Å². The van der Waals surface area contributed by atoms with Crippen LogP contribution in [0, 0.1) is 0 Å². The zero-order valence-electron chi connectivity index (χ0n) is 7.29. The molecular weight excluding hydrogens is 240 g/mol. The number of aromatic amines is 1. The Morgan fingerprint density at radius 1 is 1.07 bits per heavy atom. The summed E-state index contributed by atoms with van der Waals surface area (Å²) in [4.78, 5) is 7.58. The van der Waals surface area contributed by atoms with Crippen LogP contribution in [0.4, 0.5) is 0 Å². The van der Waals surface area contributed by atoms with Gasteiger partial charge in [0.25, 0.3) is 0 Å². The van der Waals surface area contributed by atoms with Gasteiger partial charge < -0.3 is 4.98 Å². The summed E-state index contributed by atoms with van der Waals surface area (Å²) >= 11 is 3.36. The molecule has 0 fully saturated rings. The first kappa shape index (κ1) is 8.00. The summed E-state index contributed by atoms with van der Waals surface area (Å²) in [5.41, 5.74) is 2.27. The molecule has 0 aliphatic heterocycles. The minimum Gasteiger partial charge on any atom is -0.354 e. The van der Waals surface area contributed by atoms with Gasteiger partial charge >= 0.3 is 0 Å². The van der Waals surface area contributed by atoms with Crippen molar-refractivity contribution in [3.8, 4) is 0 Å². The van der Waals surface area contributed by atoms with E-state index in [0.717, 1.165) is 15.6 Å². The number of fused-ring (bicyclic) bond motifs is 3. The lowest BCUT2D eigenvalue weighted by Crippen LogP contribution is -1.73. The highest BCUT2D eigenvalue weighted by atomic mass is 79.9. The molecular formula is C11H7BrN2. The summed E-state index contributed by atoms with van der Waals surface area (Å²) in [5, 5.41) is 2.39. The molecule has 14 heavy (non-hydrogen) atoms. The van der Waals surface area contributed by atoms with E-state index in [4.69, 9.17) is 0 Å². The highest BCUT2D eigenvalue weighted by Gasteiger charge is 2.03. The molecule has 0 radical (unpaired) electrons. The van der Waals surface area contributed by atoms with Crippen molar-refractivity contribution in [2.24, 2.45) is 0 Å². The molecule has 0 spiro atoms. The van der Waals surface area contributed by atoms with E-state index in [1.807, 2.05) is 24.4 Å². The third kappa shape index (κ3) is 1.06. The average Bonchev–Trinajstić information content (AvgIpc) is 2.54. The van der Waals surface area contributed by atoms with E-state index in [0.29, 0.717) is 0 Å². The fourth-order valence-corrected chi connectivity index (χ4v) is 2.05. The van der Waals surface area contributed by atoms with Crippen LogP contribution in [-0.2, 0) is 0 Å². The Morgan fingerprint density at radius 2 is 1.93 bits per heavy atom. The van der Waals surface area contributed by atoms with Crippen molar-refractivity contribution in [2.45, 2.75) is 0 Å². The molecule has 1 N–H and O–H groups in total. The molecule has 0 bridgehead atoms. The number of rotatable bonds is 0. The van der Waals surface area contributed by atoms with Gasteiger partial charge in [0.15, 0.2) is 0 Å². The number of nitrogens with zero attached hydrogens (tertiary/aromatic N) is 1. The summed E-state index contributed by atoms with van der Waals surface area (Å²) < 4.78 is 0.858. The van der Waals surface area contributed by atoms with Crippen molar-refractivity contribution in [3.05, 3.63) is 41.1 Å². The molecule has 0 amide bonds. The van der Waals surface area contributed by atoms with Gasteiger partial charge in [0.2, 0.25) is 0 Å². The number of pyridine rings is 1. The van der Waals surface area contributed by atoms with E-state index < -0.39 is 0 Å². The number of para-hydroxylation sites is 1. The summed E-state index contributed by atoms with van der Waals surface area (Å²) in [5.74, 6) is 0. The Hall–Kier alpha value is -1.35. The second kappa shape index (κ2) is 2.82.